The van der Waals surface area contributed by atoms with E-state index in [-0.39, 0.29) is 12.6 Å². The zero-order valence-corrected chi connectivity index (χ0v) is 26.4. The quantitative estimate of drug-likeness (QED) is 0.0619. The van der Waals surface area contributed by atoms with Crippen LogP contribution in [0.3, 0.4) is 0 Å². The molecule has 0 amide bonds. The van der Waals surface area contributed by atoms with Crippen molar-refractivity contribution in [2.45, 2.75) is 169 Å². The first kappa shape index (κ1) is 37.2. The van der Waals surface area contributed by atoms with Crippen LogP contribution in [-0.2, 0) is 18.9 Å². The second-order valence-corrected chi connectivity index (χ2v) is 11.6. The molecule has 0 aromatic heterocycles. The van der Waals surface area contributed by atoms with Crippen molar-refractivity contribution in [1.29, 1.82) is 0 Å². The summed E-state index contributed by atoms with van der Waals surface area (Å²) in [6.07, 6.45) is 25.0. The molecule has 5 heteroatoms. The van der Waals surface area contributed by atoms with Crippen LogP contribution in [0.1, 0.15) is 156 Å². The van der Waals surface area contributed by atoms with Gasteiger partial charge in [0.15, 0.2) is 12.6 Å². The molecule has 0 spiro atoms. The number of thioether (sulfide) groups is 1. The summed E-state index contributed by atoms with van der Waals surface area (Å²) in [6.45, 7) is 12.3. The van der Waals surface area contributed by atoms with Crippen molar-refractivity contribution in [3.63, 3.8) is 0 Å². The molecule has 0 radical (unpaired) electrons. The van der Waals surface area contributed by atoms with Gasteiger partial charge in [-0.2, -0.15) is 11.8 Å². The Hall–Kier alpha value is 0.190. The highest BCUT2D eigenvalue weighted by Gasteiger charge is 2.14. The van der Waals surface area contributed by atoms with Gasteiger partial charge < -0.3 is 18.9 Å². The molecule has 37 heavy (non-hydrogen) atoms. The van der Waals surface area contributed by atoms with E-state index < -0.39 is 0 Å². The summed E-state index contributed by atoms with van der Waals surface area (Å²) in [7, 11) is 0. The second-order valence-electron chi connectivity index (χ2n) is 10.5. The molecule has 0 atom stereocenters. The molecule has 0 aliphatic rings. The van der Waals surface area contributed by atoms with Gasteiger partial charge in [0.2, 0.25) is 0 Å². The maximum atomic E-state index is 6.18. The third-order valence-corrected chi connectivity index (χ3v) is 7.73. The third kappa shape index (κ3) is 29.0. The van der Waals surface area contributed by atoms with Crippen molar-refractivity contribution < 1.29 is 18.9 Å². The molecule has 0 aliphatic heterocycles. The molecule has 0 rings (SSSR count). The lowest BCUT2D eigenvalue weighted by Gasteiger charge is -2.22. The predicted molar refractivity (Wildman–Crippen MR) is 164 cm³/mol. The van der Waals surface area contributed by atoms with Crippen LogP contribution in [0.15, 0.2) is 0 Å². The van der Waals surface area contributed by atoms with Gasteiger partial charge in [0.05, 0.1) is 0 Å². The average Bonchev–Trinajstić information content (AvgIpc) is 2.91. The normalized spacial score (nSPS) is 11.8. The highest BCUT2D eigenvalue weighted by Crippen LogP contribution is 2.15. The van der Waals surface area contributed by atoms with E-state index in [1.807, 2.05) is 11.8 Å². The molecule has 0 aromatic carbocycles. The van der Waals surface area contributed by atoms with Crippen molar-refractivity contribution in [3.8, 4) is 0 Å². The Kier molecular flexibility index (Phi) is 32.6. The van der Waals surface area contributed by atoms with Crippen molar-refractivity contribution in [2.75, 3.05) is 37.9 Å². The first-order chi connectivity index (χ1) is 18.3. The third-order valence-electron chi connectivity index (χ3n) is 6.71. The number of ether oxygens (including phenoxy) is 4. The van der Waals surface area contributed by atoms with Crippen molar-refractivity contribution in [2.24, 2.45) is 0 Å². The average molecular weight is 547 g/mol. The van der Waals surface area contributed by atoms with Gasteiger partial charge in [0, 0.05) is 37.9 Å². The Labute approximate surface area is 237 Å². The standard InChI is InChI=1S/C32H66O4S/c1-5-9-13-17-21-25-33-31(34-26-22-18-14-10-6-2)29-37-30-32(35-27-23-19-15-11-7-3)36-28-24-20-16-12-8-4/h31-32H,5-30H2,1-4H3. The molecule has 0 N–H and O–H groups in total. The number of hydrogen-bond donors (Lipinski definition) is 0. The molecular weight excluding hydrogens is 480 g/mol. The van der Waals surface area contributed by atoms with E-state index in [0.717, 1.165) is 63.6 Å². The summed E-state index contributed by atoms with van der Waals surface area (Å²) in [5, 5.41) is 0. The van der Waals surface area contributed by atoms with E-state index >= 15 is 0 Å². The predicted octanol–water partition coefficient (Wildman–Crippen LogP) is 10.3. The van der Waals surface area contributed by atoms with Crippen LogP contribution in [-0.4, -0.2) is 50.5 Å². The number of rotatable bonds is 32. The van der Waals surface area contributed by atoms with Crippen LogP contribution in [0.4, 0.5) is 0 Å². The van der Waals surface area contributed by atoms with Crippen molar-refractivity contribution >= 4 is 11.8 Å². The van der Waals surface area contributed by atoms with Crippen LogP contribution in [0.2, 0.25) is 0 Å². The van der Waals surface area contributed by atoms with Crippen LogP contribution in [0, 0.1) is 0 Å². The first-order valence-corrected chi connectivity index (χ1v) is 17.5. The highest BCUT2D eigenvalue weighted by atomic mass is 32.2. The second kappa shape index (κ2) is 32.4. The molecule has 224 valence electrons. The Morgan fingerprint density at radius 1 is 0.351 bits per heavy atom. The summed E-state index contributed by atoms with van der Waals surface area (Å²) in [5.74, 6) is 1.69. The van der Waals surface area contributed by atoms with E-state index in [1.54, 1.807) is 0 Å². The van der Waals surface area contributed by atoms with Gasteiger partial charge >= 0.3 is 0 Å². The van der Waals surface area contributed by atoms with E-state index in [2.05, 4.69) is 27.7 Å². The number of unbranched alkanes of at least 4 members (excludes halogenated alkanes) is 16. The Morgan fingerprint density at radius 2 is 0.595 bits per heavy atom. The molecule has 0 aromatic rings. The summed E-state index contributed by atoms with van der Waals surface area (Å²) in [6, 6.07) is 0. The van der Waals surface area contributed by atoms with Crippen LogP contribution < -0.4 is 0 Å². The summed E-state index contributed by atoms with van der Waals surface area (Å²) in [4.78, 5) is 0. The first-order valence-electron chi connectivity index (χ1n) is 16.3. The molecule has 0 bridgehead atoms. The SMILES string of the molecule is CCCCCCCOC(CSCC(OCCCCCCC)OCCCCCCC)OCCCCCCC. The molecule has 0 saturated carbocycles. The van der Waals surface area contributed by atoms with Crippen LogP contribution in [0.5, 0.6) is 0 Å². The molecule has 0 unspecified atom stereocenters. The van der Waals surface area contributed by atoms with E-state index in [9.17, 15) is 0 Å². The lowest BCUT2D eigenvalue weighted by molar-refractivity contribution is -0.131. The van der Waals surface area contributed by atoms with Gasteiger partial charge in [-0.3, -0.25) is 0 Å². The number of hydrogen-bond acceptors (Lipinski definition) is 5. The smallest absolute Gasteiger partial charge is 0.166 e. The van der Waals surface area contributed by atoms with Gasteiger partial charge in [-0.25, -0.2) is 0 Å². The molecule has 0 aliphatic carbocycles. The fourth-order valence-corrected chi connectivity index (χ4v) is 5.14. The minimum atomic E-state index is -0.119. The van der Waals surface area contributed by atoms with Crippen molar-refractivity contribution in [1.82, 2.24) is 0 Å². The fraction of sp³-hybridized carbons (Fsp3) is 1.00. The van der Waals surface area contributed by atoms with E-state index in [0.29, 0.717) is 0 Å². The Bertz CT molecular complexity index is 342. The highest BCUT2D eigenvalue weighted by molar-refractivity contribution is 7.99. The molecule has 0 heterocycles. The lowest BCUT2D eigenvalue weighted by atomic mass is 10.2. The van der Waals surface area contributed by atoms with Crippen LogP contribution in [0.25, 0.3) is 0 Å². The maximum absolute atomic E-state index is 6.18. The lowest BCUT2D eigenvalue weighted by Crippen LogP contribution is -2.25. The molecule has 4 nitrogen and oxygen atoms in total. The summed E-state index contributed by atoms with van der Waals surface area (Å²) < 4.78 is 24.7. The van der Waals surface area contributed by atoms with Crippen LogP contribution >= 0.6 is 11.8 Å². The minimum Gasteiger partial charge on any atom is -0.352 e. The van der Waals surface area contributed by atoms with E-state index in [4.69, 9.17) is 18.9 Å². The summed E-state index contributed by atoms with van der Waals surface area (Å²) >= 11 is 1.86. The van der Waals surface area contributed by atoms with Gasteiger partial charge in [-0.15, -0.1) is 0 Å². The van der Waals surface area contributed by atoms with Gasteiger partial charge in [-0.05, 0) is 25.7 Å². The van der Waals surface area contributed by atoms with Gasteiger partial charge in [0.25, 0.3) is 0 Å². The van der Waals surface area contributed by atoms with Crippen molar-refractivity contribution in [3.05, 3.63) is 0 Å². The molecular formula is C32H66O4S. The largest absolute Gasteiger partial charge is 0.352 e. The monoisotopic (exact) mass is 546 g/mol. The molecule has 0 fully saturated rings. The Balaban J connectivity index is 4.43. The maximum Gasteiger partial charge on any atom is 0.166 e. The molecule has 0 saturated heterocycles. The van der Waals surface area contributed by atoms with Gasteiger partial charge in [-0.1, -0.05) is 130 Å². The fourth-order valence-electron chi connectivity index (χ4n) is 4.23. The van der Waals surface area contributed by atoms with Gasteiger partial charge in [0.1, 0.15) is 0 Å². The zero-order chi connectivity index (χ0) is 27.1. The minimum absolute atomic E-state index is 0.119. The summed E-state index contributed by atoms with van der Waals surface area (Å²) in [5.41, 5.74) is 0. The topological polar surface area (TPSA) is 36.9 Å². The van der Waals surface area contributed by atoms with E-state index in [1.165, 1.54) is 103 Å². The Morgan fingerprint density at radius 3 is 0.838 bits per heavy atom. The zero-order valence-electron chi connectivity index (χ0n) is 25.6.